The first-order chi connectivity index (χ1) is 16.5. The molecule has 0 fully saturated rings. The average Bonchev–Trinajstić information content (AvgIpc) is 3.21. The summed E-state index contributed by atoms with van der Waals surface area (Å²) in [5.74, 6) is -1.21. The Balaban J connectivity index is 1.61. The van der Waals surface area contributed by atoms with E-state index in [1.165, 1.54) is 6.07 Å². The number of halogens is 1. The second-order valence-electron chi connectivity index (χ2n) is 8.85. The topological polar surface area (TPSA) is 69.2 Å². The van der Waals surface area contributed by atoms with Crippen molar-refractivity contribution in [1.29, 1.82) is 0 Å². The molecular weight excluding hydrogens is 429 g/mol. The van der Waals surface area contributed by atoms with Crippen LogP contribution < -0.4 is 4.90 Å². The molecule has 5 nitrogen and oxygen atoms in total. The predicted octanol–water partition coefficient (Wildman–Crippen LogP) is 6.61. The minimum Gasteiger partial charge on any atom is -0.478 e. The highest BCUT2D eigenvalue weighted by Crippen LogP contribution is 2.41. The number of aryl methyl sites for hydroxylation is 2. The van der Waals surface area contributed by atoms with E-state index in [2.05, 4.69) is 34.1 Å². The Bertz CT molecular complexity index is 1600. The van der Waals surface area contributed by atoms with E-state index in [1.807, 2.05) is 19.1 Å². The summed E-state index contributed by atoms with van der Waals surface area (Å²) in [7, 11) is 0. The van der Waals surface area contributed by atoms with Gasteiger partial charge < -0.3 is 15.0 Å². The van der Waals surface area contributed by atoms with Gasteiger partial charge >= 0.3 is 5.97 Å². The molecule has 0 amide bonds. The number of nitrogens with zero attached hydrogens (tertiary/aromatic N) is 2. The number of anilines is 2. The third-order valence-electron chi connectivity index (χ3n) is 6.52. The van der Waals surface area contributed by atoms with E-state index < -0.39 is 5.97 Å². The highest BCUT2D eigenvalue weighted by atomic mass is 19.1. The second-order valence-corrected chi connectivity index (χ2v) is 8.85. The molecule has 1 aliphatic rings. The summed E-state index contributed by atoms with van der Waals surface area (Å²) in [6, 6.07) is 20.3. The average molecular weight is 452 g/mol. The molecule has 3 aromatic carbocycles. The number of carboxylic acid groups (broad SMARTS) is 1. The van der Waals surface area contributed by atoms with Crippen molar-refractivity contribution >= 4 is 39.1 Å². The van der Waals surface area contributed by atoms with Crippen molar-refractivity contribution < 1.29 is 14.3 Å². The van der Waals surface area contributed by atoms with Crippen LogP contribution in [0.2, 0.25) is 0 Å². The molecular formula is C28H22FN3O2. The lowest BCUT2D eigenvalue weighted by Gasteiger charge is -2.33. The zero-order chi connectivity index (χ0) is 23.4. The summed E-state index contributed by atoms with van der Waals surface area (Å²) in [6.07, 6.45) is 1.71. The van der Waals surface area contributed by atoms with Gasteiger partial charge in [-0.1, -0.05) is 6.07 Å². The quantitative estimate of drug-likeness (QED) is 0.324. The SMILES string of the molecule is Cc1cc2cc(-c3nc4ccc(C(=O)O)cc4cc3N3CCCc4cc(F)ccc43)ccc2[nH]1. The van der Waals surface area contributed by atoms with Crippen LogP contribution in [0.25, 0.3) is 33.1 Å². The van der Waals surface area contributed by atoms with E-state index in [0.717, 1.165) is 75.1 Å². The van der Waals surface area contributed by atoms with Crippen LogP contribution in [-0.2, 0) is 6.42 Å². The van der Waals surface area contributed by atoms with Crippen LogP contribution in [0.5, 0.6) is 0 Å². The predicted molar refractivity (Wildman–Crippen MR) is 132 cm³/mol. The van der Waals surface area contributed by atoms with Gasteiger partial charge in [-0.2, -0.15) is 0 Å². The van der Waals surface area contributed by atoms with Crippen LogP contribution in [0, 0.1) is 12.7 Å². The molecule has 0 saturated carbocycles. The van der Waals surface area contributed by atoms with Gasteiger partial charge in [0.1, 0.15) is 5.82 Å². The van der Waals surface area contributed by atoms with Gasteiger partial charge in [0.15, 0.2) is 0 Å². The molecule has 0 bridgehead atoms. The summed E-state index contributed by atoms with van der Waals surface area (Å²) < 4.78 is 14.0. The first kappa shape index (κ1) is 20.4. The zero-order valence-corrected chi connectivity index (χ0v) is 18.6. The van der Waals surface area contributed by atoms with E-state index in [4.69, 9.17) is 4.98 Å². The fourth-order valence-corrected chi connectivity index (χ4v) is 4.96. The standard InChI is InChI=1S/C28H22FN3O2/c1-16-11-20-12-18(4-7-23(20)30-16)27-26(15-21-13-19(28(33)34)5-8-24(21)31-27)32-10-2-3-17-14-22(29)6-9-25(17)32/h4-9,11-15,30H,2-3,10H2,1H3,(H,33,34). The number of H-pyrrole nitrogens is 1. The number of pyridine rings is 1. The Kier molecular flexibility index (Phi) is 4.62. The maximum Gasteiger partial charge on any atom is 0.335 e. The summed E-state index contributed by atoms with van der Waals surface area (Å²) in [5, 5.41) is 11.3. The maximum atomic E-state index is 14.0. The van der Waals surface area contributed by atoms with E-state index in [0.29, 0.717) is 0 Å². The van der Waals surface area contributed by atoms with E-state index in [-0.39, 0.29) is 11.4 Å². The normalized spacial score (nSPS) is 13.4. The molecule has 0 atom stereocenters. The van der Waals surface area contributed by atoms with Gasteiger partial charge in [-0.3, -0.25) is 0 Å². The van der Waals surface area contributed by atoms with Crippen LogP contribution in [0.1, 0.15) is 28.0 Å². The molecule has 2 N–H and O–H groups in total. The van der Waals surface area contributed by atoms with Gasteiger partial charge in [-0.25, -0.2) is 14.2 Å². The number of carbonyl (C=O) groups is 1. The Morgan fingerprint density at radius 2 is 1.88 bits per heavy atom. The number of hydrogen-bond acceptors (Lipinski definition) is 3. The van der Waals surface area contributed by atoms with Crippen molar-refractivity contribution in [3.8, 4) is 11.3 Å². The third-order valence-corrected chi connectivity index (χ3v) is 6.52. The van der Waals surface area contributed by atoms with E-state index >= 15 is 0 Å². The minimum absolute atomic E-state index is 0.221. The van der Waals surface area contributed by atoms with Crippen LogP contribution in [0.4, 0.5) is 15.8 Å². The molecule has 168 valence electrons. The van der Waals surface area contributed by atoms with Crippen molar-refractivity contribution in [1.82, 2.24) is 9.97 Å². The molecule has 0 spiro atoms. The molecule has 0 aliphatic carbocycles. The molecule has 5 aromatic rings. The van der Waals surface area contributed by atoms with Gasteiger partial charge in [0.25, 0.3) is 0 Å². The smallest absolute Gasteiger partial charge is 0.335 e. The number of aromatic amines is 1. The van der Waals surface area contributed by atoms with Crippen molar-refractivity contribution in [3.05, 3.63) is 89.4 Å². The van der Waals surface area contributed by atoms with Crippen LogP contribution in [-0.4, -0.2) is 27.6 Å². The first-order valence-corrected chi connectivity index (χ1v) is 11.3. The summed E-state index contributed by atoms with van der Waals surface area (Å²) in [5.41, 5.74) is 7.70. The molecule has 34 heavy (non-hydrogen) atoms. The number of hydrogen-bond donors (Lipinski definition) is 2. The molecule has 6 heteroatoms. The fourth-order valence-electron chi connectivity index (χ4n) is 4.96. The fraction of sp³-hybridized carbons (Fsp3) is 0.143. The Labute approximate surface area is 195 Å². The molecule has 0 unspecified atom stereocenters. The summed E-state index contributed by atoms with van der Waals surface area (Å²) >= 11 is 0. The number of aromatic nitrogens is 2. The number of nitrogens with one attached hydrogen (secondary N) is 1. The monoisotopic (exact) mass is 451 g/mol. The van der Waals surface area contributed by atoms with Crippen molar-refractivity contribution in [3.63, 3.8) is 0 Å². The molecule has 0 radical (unpaired) electrons. The lowest BCUT2D eigenvalue weighted by atomic mass is 9.98. The highest BCUT2D eigenvalue weighted by molar-refractivity contribution is 5.98. The first-order valence-electron chi connectivity index (χ1n) is 11.3. The second kappa shape index (κ2) is 7.70. The molecule has 0 saturated heterocycles. The number of carboxylic acids is 1. The van der Waals surface area contributed by atoms with Gasteiger partial charge in [0, 0.05) is 39.8 Å². The lowest BCUT2D eigenvalue weighted by Crippen LogP contribution is -2.25. The number of benzene rings is 3. The Morgan fingerprint density at radius 3 is 2.74 bits per heavy atom. The van der Waals surface area contributed by atoms with Crippen LogP contribution in [0.3, 0.4) is 0 Å². The van der Waals surface area contributed by atoms with Gasteiger partial charge in [-0.15, -0.1) is 0 Å². The van der Waals surface area contributed by atoms with Crippen molar-refractivity contribution in [2.24, 2.45) is 0 Å². The van der Waals surface area contributed by atoms with Crippen molar-refractivity contribution in [2.45, 2.75) is 19.8 Å². The minimum atomic E-state index is -0.973. The zero-order valence-electron chi connectivity index (χ0n) is 18.6. The number of rotatable bonds is 3. The number of fused-ring (bicyclic) bond motifs is 3. The van der Waals surface area contributed by atoms with E-state index in [1.54, 1.807) is 24.3 Å². The van der Waals surface area contributed by atoms with Crippen molar-refractivity contribution in [2.75, 3.05) is 11.4 Å². The Morgan fingerprint density at radius 1 is 1.00 bits per heavy atom. The molecule has 6 rings (SSSR count). The Hall–Kier alpha value is -4.19. The van der Waals surface area contributed by atoms with Crippen LogP contribution in [0.15, 0.2) is 66.7 Å². The van der Waals surface area contributed by atoms with Gasteiger partial charge in [-0.05, 0) is 86.0 Å². The third kappa shape index (κ3) is 3.39. The van der Waals surface area contributed by atoms with Crippen LogP contribution >= 0.6 is 0 Å². The van der Waals surface area contributed by atoms with Gasteiger partial charge in [0.05, 0.1) is 22.5 Å². The highest BCUT2D eigenvalue weighted by Gasteiger charge is 2.23. The number of aromatic carboxylic acids is 1. The molecule has 3 heterocycles. The summed E-state index contributed by atoms with van der Waals surface area (Å²) in [6.45, 7) is 2.80. The van der Waals surface area contributed by atoms with E-state index in [9.17, 15) is 14.3 Å². The summed E-state index contributed by atoms with van der Waals surface area (Å²) in [4.78, 5) is 22.1. The maximum absolute atomic E-state index is 14.0. The van der Waals surface area contributed by atoms with Gasteiger partial charge in [0.2, 0.25) is 0 Å². The largest absolute Gasteiger partial charge is 0.478 e. The molecule has 2 aromatic heterocycles. The molecule has 1 aliphatic heterocycles. The lowest BCUT2D eigenvalue weighted by molar-refractivity contribution is 0.0697.